The van der Waals surface area contributed by atoms with Crippen LogP contribution < -0.4 is 15.5 Å². The van der Waals surface area contributed by atoms with Crippen LogP contribution in [0.1, 0.15) is 59.9 Å². The van der Waals surface area contributed by atoms with Gasteiger partial charge in [0.15, 0.2) is 16.9 Å². The van der Waals surface area contributed by atoms with Crippen molar-refractivity contribution < 1.29 is 80.1 Å². The molecular formula is C44H39N4O18P3. The number of nitrogens with zero attached hydrogens (tertiary/aromatic N) is 3. The van der Waals surface area contributed by atoms with Crippen molar-refractivity contribution >= 4 is 63.5 Å². The third-order valence-electron chi connectivity index (χ3n) is 10.7. The molecule has 22 nitrogen and oxygen atoms in total. The van der Waals surface area contributed by atoms with E-state index in [-0.39, 0.29) is 65.8 Å². The van der Waals surface area contributed by atoms with Crippen LogP contribution in [0.4, 0.5) is 5.69 Å². The predicted octanol–water partition coefficient (Wildman–Crippen LogP) is 6.73. The molecule has 3 aromatic carbocycles. The van der Waals surface area contributed by atoms with Crippen LogP contribution >= 0.6 is 23.5 Å². The SMILES string of the molecule is CC(Nc1ccnc2c1ncn2[C@H]1CC(O)[C@@H](COP(=O)(O)OP(=O)(O)OP(=O)(O)O)O1)c1ccc(C#CCCC(=O)c2ccc(OC=O)c(-c3c4ccc(=O)cc-4oc4cc(O)ccc34)c2)cc1. The molecule has 0 amide bonds. The van der Waals surface area contributed by atoms with Crippen molar-refractivity contribution in [1.29, 1.82) is 0 Å². The normalized spacial score (nSPS) is 18.3. The Kier molecular flexibility index (Phi) is 14.1. The molecule has 3 aliphatic rings. The number of fused-ring (bicyclic) bond motifs is 3. The molecule has 7 N–H and O–H groups in total. The van der Waals surface area contributed by atoms with E-state index in [1.807, 2.05) is 31.2 Å². The van der Waals surface area contributed by atoms with Crippen LogP contribution in [-0.2, 0) is 36.4 Å². The number of phosphoric ester groups is 1. The molecule has 69 heavy (non-hydrogen) atoms. The van der Waals surface area contributed by atoms with E-state index in [1.165, 1.54) is 47.4 Å². The van der Waals surface area contributed by atoms with Crippen molar-refractivity contribution in [2.75, 3.05) is 11.9 Å². The van der Waals surface area contributed by atoms with Gasteiger partial charge in [0, 0.05) is 76.8 Å². The molecule has 0 saturated carbocycles. The van der Waals surface area contributed by atoms with Gasteiger partial charge in [0.25, 0.3) is 6.47 Å². The van der Waals surface area contributed by atoms with Crippen LogP contribution in [0, 0.1) is 11.8 Å². The average Bonchev–Trinajstić information content (AvgIpc) is 3.89. The molecule has 358 valence electrons. The number of aromatic hydroxyl groups is 1. The van der Waals surface area contributed by atoms with Crippen molar-refractivity contribution in [2.45, 2.75) is 50.7 Å². The Morgan fingerprint density at radius 2 is 1.74 bits per heavy atom. The number of Topliss-reactive ketones (excluding diaryl/α,β-unsaturated/α-hetero) is 1. The number of nitrogens with one attached hydrogen (secondary N) is 1. The first kappa shape index (κ1) is 49.0. The number of hydrogen-bond acceptors (Lipinski definition) is 17. The number of ether oxygens (including phenoxy) is 2. The van der Waals surface area contributed by atoms with Crippen LogP contribution in [0.5, 0.6) is 11.5 Å². The summed E-state index contributed by atoms with van der Waals surface area (Å²) in [6, 6.07) is 22.4. The van der Waals surface area contributed by atoms with Gasteiger partial charge in [-0.25, -0.2) is 23.7 Å². The summed E-state index contributed by atoms with van der Waals surface area (Å²) in [4.78, 5) is 82.8. The molecule has 1 saturated heterocycles. The lowest BCUT2D eigenvalue weighted by Gasteiger charge is -2.19. The molecule has 5 aromatic rings. The van der Waals surface area contributed by atoms with Crippen LogP contribution in [-0.4, -0.2) is 75.4 Å². The second kappa shape index (κ2) is 19.9. The maximum Gasteiger partial charge on any atom is 0.490 e. The molecule has 8 rings (SSSR count). The molecule has 1 aliphatic carbocycles. The smallest absolute Gasteiger partial charge is 0.490 e. The first-order valence-electron chi connectivity index (χ1n) is 20.5. The molecule has 4 heterocycles. The number of hydrogen-bond donors (Lipinski definition) is 7. The number of phenolic OH excluding ortho intramolecular Hbond substituents is 1. The third-order valence-corrected chi connectivity index (χ3v) is 14.5. The first-order chi connectivity index (χ1) is 32.8. The van der Waals surface area contributed by atoms with Crippen LogP contribution in [0.2, 0.25) is 0 Å². The van der Waals surface area contributed by atoms with Crippen molar-refractivity contribution in [3.05, 3.63) is 124 Å². The highest BCUT2D eigenvalue weighted by Gasteiger charge is 2.43. The number of anilines is 1. The predicted molar refractivity (Wildman–Crippen MR) is 244 cm³/mol. The van der Waals surface area contributed by atoms with E-state index in [4.69, 9.17) is 23.7 Å². The van der Waals surface area contributed by atoms with Crippen molar-refractivity contribution in [1.82, 2.24) is 14.5 Å². The molecule has 25 heteroatoms. The summed E-state index contributed by atoms with van der Waals surface area (Å²) in [5.74, 6) is 6.28. The maximum atomic E-state index is 13.5. The van der Waals surface area contributed by atoms with Crippen molar-refractivity contribution in [3.63, 3.8) is 0 Å². The minimum absolute atomic E-state index is 0.0486. The zero-order valence-electron chi connectivity index (χ0n) is 35.7. The average molecular weight is 1000 g/mol. The Labute approximate surface area is 389 Å². The first-order valence-corrected chi connectivity index (χ1v) is 25.0. The minimum atomic E-state index is -5.73. The maximum absolute atomic E-state index is 13.5. The van der Waals surface area contributed by atoms with Gasteiger partial charge in [-0.3, -0.25) is 23.5 Å². The summed E-state index contributed by atoms with van der Waals surface area (Å²) in [5.41, 5.74) is 4.81. The number of ketones is 1. The van der Waals surface area contributed by atoms with Gasteiger partial charge in [0.05, 0.1) is 24.7 Å². The van der Waals surface area contributed by atoms with E-state index < -0.39 is 48.5 Å². The molecule has 0 bridgehead atoms. The van der Waals surface area contributed by atoms with E-state index in [0.29, 0.717) is 50.1 Å². The van der Waals surface area contributed by atoms with Crippen LogP contribution in [0.15, 0.2) is 107 Å². The van der Waals surface area contributed by atoms with Gasteiger partial charge in [0.1, 0.15) is 40.7 Å². The molecule has 0 spiro atoms. The number of aliphatic hydroxyl groups excluding tert-OH is 1. The van der Waals surface area contributed by atoms with Crippen LogP contribution in [0.25, 0.3) is 44.6 Å². The molecule has 1 fully saturated rings. The van der Waals surface area contributed by atoms with Gasteiger partial charge in [0.2, 0.25) is 0 Å². The van der Waals surface area contributed by atoms with E-state index in [2.05, 4.69) is 40.3 Å². The van der Waals surface area contributed by atoms with Crippen molar-refractivity contribution in [2.24, 2.45) is 0 Å². The number of aromatic nitrogens is 3. The number of carbonyl (C=O) groups is 2. The zero-order valence-corrected chi connectivity index (χ0v) is 38.4. The lowest BCUT2D eigenvalue weighted by molar-refractivity contribution is -0.120. The number of aliphatic hydroxyl groups is 1. The number of phenols is 1. The molecule has 2 aromatic heterocycles. The Morgan fingerprint density at radius 1 is 0.957 bits per heavy atom. The number of pyridine rings is 1. The Morgan fingerprint density at radius 3 is 2.49 bits per heavy atom. The number of phosphoric acid groups is 3. The summed E-state index contributed by atoms with van der Waals surface area (Å²) in [7, 11) is -16.8. The molecule has 0 radical (unpaired) electrons. The zero-order chi connectivity index (χ0) is 49.3. The summed E-state index contributed by atoms with van der Waals surface area (Å²) in [5, 5.41) is 24.7. The van der Waals surface area contributed by atoms with Crippen molar-refractivity contribution in [3.8, 4) is 45.8 Å². The fourth-order valence-corrected chi connectivity index (χ4v) is 10.7. The third kappa shape index (κ3) is 11.6. The topological polar surface area (TPSA) is 326 Å². The quantitative estimate of drug-likeness (QED) is 0.0163. The molecule has 6 atom stereocenters. The monoisotopic (exact) mass is 1000 g/mol. The molecular weight excluding hydrogens is 965 g/mol. The van der Waals surface area contributed by atoms with E-state index in [0.717, 1.165) is 5.56 Å². The minimum Gasteiger partial charge on any atom is -0.508 e. The van der Waals surface area contributed by atoms with E-state index in [9.17, 15) is 48.1 Å². The number of rotatable bonds is 17. The largest absolute Gasteiger partial charge is 0.508 e. The van der Waals surface area contributed by atoms with Gasteiger partial charge in [-0.05, 0) is 73.2 Å². The lowest BCUT2D eigenvalue weighted by Crippen LogP contribution is -2.26. The number of benzene rings is 4. The Balaban J connectivity index is 0.891. The van der Waals surface area contributed by atoms with Gasteiger partial charge >= 0.3 is 23.5 Å². The summed E-state index contributed by atoms with van der Waals surface area (Å²) in [6.45, 7) is 1.38. The Hall–Kier alpha value is -6.40. The standard InChI is InChI=1S/C44H39N4O18P3/c1-25(47-34-16-17-45-44-43(34)46-23-48(44)41-21-36(53)40(64-41)22-62-68(57,58)66-69(59,60)65-67(54,55)56)27-8-6-26(7-9-27)4-2-3-5-35(52)28-10-15-37(61-24-49)33(18-28)42-31-13-11-29(50)19-38(31)63-39-20-30(51)12-14-32(39)42/h6-20,23-25,36,40-41,50,53H,3,5,21-22H2,1H3,(H,45,47)(H,57,58)(H,59,60)(H2,54,55,56)/t25?,36?,40-,41-/m1/s1. The fraction of sp³-hybridized carbons (Fsp3) is 0.205. The van der Waals surface area contributed by atoms with E-state index in [1.54, 1.807) is 30.3 Å². The number of imidazole rings is 1. The summed E-state index contributed by atoms with van der Waals surface area (Å²) in [6.07, 6.45) is -0.175. The molecule has 4 unspecified atom stereocenters. The van der Waals surface area contributed by atoms with E-state index >= 15 is 0 Å². The van der Waals surface area contributed by atoms with Crippen LogP contribution in [0.3, 0.4) is 0 Å². The molecule has 2 aliphatic heterocycles. The summed E-state index contributed by atoms with van der Waals surface area (Å²) >= 11 is 0. The second-order valence-corrected chi connectivity index (χ2v) is 19.9. The summed E-state index contributed by atoms with van der Waals surface area (Å²) < 4.78 is 65.4. The van der Waals surface area contributed by atoms with Gasteiger partial charge in [-0.15, -0.1) is 0 Å². The Bertz CT molecular complexity index is 3340. The fourth-order valence-electron chi connectivity index (χ4n) is 7.63. The second-order valence-electron chi connectivity index (χ2n) is 15.5. The van der Waals surface area contributed by atoms with Gasteiger partial charge < -0.3 is 49.0 Å². The highest BCUT2D eigenvalue weighted by Crippen LogP contribution is 2.66. The lowest BCUT2D eigenvalue weighted by atomic mass is 9.91. The van der Waals surface area contributed by atoms with Gasteiger partial charge in [-0.1, -0.05) is 24.0 Å². The number of carbonyl (C=O) groups excluding carboxylic acids is 2. The van der Waals surface area contributed by atoms with Gasteiger partial charge in [-0.2, -0.15) is 8.62 Å². The highest BCUT2D eigenvalue weighted by molar-refractivity contribution is 7.66. The highest BCUT2D eigenvalue weighted by atomic mass is 31.3.